The summed E-state index contributed by atoms with van der Waals surface area (Å²) in [4.78, 5) is 0. The molecule has 1 unspecified atom stereocenters. The Kier molecular flexibility index (Phi) is 3.13. The van der Waals surface area contributed by atoms with Gasteiger partial charge in [-0.25, -0.2) is 0 Å². The van der Waals surface area contributed by atoms with E-state index in [4.69, 9.17) is 0 Å². The number of nitrogens with one attached hydrogen (secondary N) is 1. The minimum atomic E-state index is 0.365. The summed E-state index contributed by atoms with van der Waals surface area (Å²) in [6.07, 6.45) is 6.36. The van der Waals surface area contributed by atoms with Crippen molar-refractivity contribution in [2.45, 2.75) is 51.1 Å². The second kappa shape index (κ2) is 4.77. The molecular formula is C16H21NO. The molecule has 0 amide bonds. The Morgan fingerprint density at radius 3 is 2.89 bits per heavy atom. The second-order valence-electron chi connectivity index (χ2n) is 5.58. The van der Waals surface area contributed by atoms with Crippen LogP contribution in [0, 0.1) is 0 Å². The Bertz CT molecular complexity index is 478. The van der Waals surface area contributed by atoms with Gasteiger partial charge in [-0.2, -0.15) is 0 Å². The fourth-order valence-corrected chi connectivity index (χ4v) is 3.41. The van der Waals surface area contributed by atoms with Crippen LogP contribution in [0.4, 0.5) is 0 Å². The number of rotatable bonds is 1. The van der Waals surface area contributed by atoms with E-state index >= 15 is 0 Å². The zero-order valence-corrected chi connectivity index (χ0v) is 10.9. The van der Waals surface area contributed by atoms with Crippen LogP contribution in [0.25, 0.3) is 0 Å². The summed E-state index contributed by atoms with van der Waals surface area (Å²) in [6, 6.07) is 8.52. The van der Waals surface area contributed by atoms with Crippen LogP contribution < -0.4 is 5.32 Å². The highest BCUT2D eigenvalue weighted by atomic mass is 16.3. The van der Waals surface area contributed by atoms with E-state index in [1.54, 1.807) is 17.2 Å². The molecule has 0 spiro atoms. The van der Waals surface area contributed by atoms with Crippen molar-refractivity contribution >= 4 is 0 Å². The molecule has 96 valence electrons. The summed E-state index contributed by atoms with van der Waals surface area (Å²) in [6.45, 7) is 2.27. The molecular weight excluding hydrogens is 222 g/mol. The van der Waals surface area contributed by atoms with Gasteiger partial charge in [-0.05, 0) is 56.7 Å². The van der Waals surface area contributed by atoms with Gasteiger partial charge in [-0.15, -0.1) is 0 Å². The Morgan fingerprint density at radius 1 is 1.22 bits per heavy atom. The zero-order valence-electron chi connectivity index (χ0n) is 10.9. The number of hydrogen-bond acceptors (Lipinski definition) is 2. The summed E-state index contributed by atoms with van der Waals surface area (Å²) < 4.78 is 0. The first kappa shape index (κ1) is 11.8. The fraction of sp³-hybridized carbons (Fsp3) is 0.500. The molecule has 2 heteroatoms. The van der Waals surface area contributed by atoms with E-state index in [1.165, 1.54) is 31.2 Å². The number of phenolic OH excluding ortho intramolecular Hbond substituents is 1. The molecule has 0 saturated heterocycles. The van der Waals surface area contributed by atoms with Crippen molar-refractivity contribution in [2.24, 2.45) is 0 Å². The van der Waals surface area contributed by atoms with Gasteiger partial charge in [-0.3, -0.25) is 0 Å². The van der Waals surface area contributed by atoms with Crippen LogP contribution in [0.2, 0.25) is 0 Å². The normalized spacial score (nSPS) is 28.1. The van der Waals surface area contributed by atoms with Crippen molar-refractivity contribution in [1.82, 2.24) is 5.32 Å². The lowest BCUT2D eigenvalue weighted by molar-refractivity contribution is 0.413. The predicted molar refractivity (Wildman–Crippen MR) is 73.6 cm³/mol. The lowest BCUT2D eigenvalue weighted by Crippen LogP contribution is -2.37. The van der Waals surface area contributed by atoms with Crippen LogP contribution in [0.5, 0.6) is 5.75 Å². The molecule has 1 aromatic rings. The van der Waals surface area contributed by atoms with Crippen molar-refractivity contribution < 1.29 is 5.11 Å². The fourth-order valence-electron chi connectivity index (χ4n) is 3.41. The zero-order chi connectivity index (χ0) is 12.5. The minimum Gasteiger partial charge on any atom is -0.508 e. The maximum absolute atomic E-state index is 9.60. The Balaban J connectivity index is 1.87. The molecule has 0 saturated carbocycles. The molecule has 1 aliphatic heterocycles. The maximum atomic E-state index is 9.60. The lowest BCUT2D eigenvalue weighted by Gasteiger charge is -2.36. The van der Waals surface area contributed by atoms with Crippen molar-refractivity contribution in [3.63, 3.8) is 0 Å². The van der Waals surface area contributed by atoms with E-state index in [1.807, 2.05) is 12.1 Å². The molecule has 0 radical (unpaired) electrons. The highest BCUT2D eigenvalue weighted by Gasteiger charge is 2.27. The molecule has 1 aromatic carbocycles. The molecule has 2 atom stereocenters. The minimum absolute atomic E-state index is 0.365. The van der Waals surface area contributed by atoms with Crippen molar-refractivity contribution in [1.29, 1.82) is 0 Å². The first-order chi connectivity index (χ1) is 8.74. The number of phenols is 1. The van der Waals surface area contributed by atoms with Crippen LogP contribution in [0.1, 0.15) is 50.6 Å². The second-order valence-corrected chi connectivity index (χ2v) is 5.58. The topological polar surface area (TPSA) is 32.3 Å². The van der Waals surface area contributed by atoms with Crippen LogP contribution >= 0.6 is 0 Å². The average Bonchev–Trinajstić information content (AvgIpc) is 2.39. The molecule has 3 rings (SSSR count). The SMILES string of the molecule is CC1N[C@H](c2cccc(O)c2)CC2=C1CCCC2. The van der Waals surface area contributed by atoms with Gasteiger partial charge in [0.05, 0.1) is 0 Å². The van der Waals surface area contributed by atoms with Crippen LogP contribution in [0.15, 0.2) is 35.4 Å². The van der Waals surface area contributed by atoms with Gasteiger partial charge in [-0.1, -0.05) is 23.3 Å². The quantitative estimate of drug-likeness (QED) is 0.737. The summed E-state index contributed by atoms with van der Waals surface area (Å²) in [5.74, 6) is 0.366. The standard InChI is InChI=1S/C16H21NO/c1-11-15-8-3-2-5-12(15)10-16(17-11)13-6-4-7-14(18)9-13/h4,6-7,9,11,16-18H,2-3,5,8,10H2,1H3/t11?,16-/m0/s1. The molecule has 2 nitrogen and oxygen atoms in total. The Hall–Kier alpha value is -1.28. The molecule has 0 fully saturated rings. The summed E-state index contributed by atoms with van der Waals surface area (Å²) >= 11 is 0. The van der Waals surface area contributed by atoms with E-state index in [0.717, 1.165) is 6.42 Å². The van der Waals surface area contributed by atoms with Gasteiger partial charge >= 0.3 is 0 Å². The largest absolute Gasteiger partial charge is 0.508 e. The van der Waals surface area contributed by atoms with E-state index in [9.17, 15) is 5.11 Å². The van der Waals surface area contributed by atoms with Crippen LogP contribution in [0.3, 0.4) is 0 Å². The van der Waals surface area contributed by atoms with Crippen LogP contribution in [-0.2, 0) is 0 Å². The molecule has 18 heavy (non-hydrogen) atoms. The van der Waals surface area contributed by atoms with Gasteiger partial charge in [0.1, 0.15) is 5.75 Å². The molecule has 2 aliphatic rings. The average molecular weight is 243 g/mol. The summed E-state index contributed by atoms with van der Waals surface area (Å²) in [7, 11) is 0. The molecule has 0 aromatic heterocycles. The number of benzene rings is 1. The first-order valence-corrected chi connectivity index (χ1v) is 7.00. The maximum Gasteiger partial charge on any atom is 0.115 e. The van der Waals surface area contributed by atoms with Crippen molar-refractivity contribution in [2.75, 3.05) is 0 Å². The van der Waals surface area contributed by atoms with E-state index < -0.39 is 0 Å². The first-order valence-electron chi connectivity index (χ1n) is 7.00. The summed E-state index contributed by atoms with van der Waals surface area (Å²) in [5, 5.41) is 13.3. The number of aromatic hydroxyl groups is 1. The van der Waals surface area contributed by atoms with Gasteiger partial charge in [0.2, 0.25) is 0 Å². The van der Waals surface area contributed by atoms with Gasteiger partial charge in [0.25, 0.3) is 0 Å². The third kappa shape index (κ3) is 2.17. The van der Waals surface area contributed by atoms with Gasteiger partial charge in [0, 0.05) is 12.1 Å². The van der Waals surface area contributed by atoms with Crippen LogP contribution in [-0.4, -0.2) is 11.1 Å². The third-order valence-electron chi connectivity index (χ3n) is 4.33. The molecule has 1 heterocycles. The lowest BCUT2D eigenvalue weighted by atomic mass is 9.80. The van der Waals surface area contributed by atoms with E-state index in [2.05, 4.69) is 18.3 Å². The highest BCUT2D eigenvalue weighted by molar-refractivity contribution is 5.34. The van der Waals surface area contributed by atoms with Crippen molar-refractivity contribution in [3.8, 4) is 5.75 Å². The molecule has 2 N–H and O–H groups in total. The van der Waals surface area contributed by atoms with Gasteiger partial charge < -0.3 is 10.4 Å². The predicted octanol–water partition coefficient (Wildman–Crippen LogP) is 3.69. The monoisotopic (exact) mass is 243 g/mol. The van der Waals surface area contributed by atoms with E-state index in [-0.39, 0.29) is 0 Å². The Labute approximate surface area is 109 Å². The van der Waals surface area contributed by atoms with E-state index in [0.29, 0.717) is 17.8 Å². The third-order valence-corrected chi connectivity index (χ3v) is 4.33. The van der Waals surface area contributed by atoms with Gasteiger partial charge in [0.15, 0.2) is 0 Å². The Morgan fingerprint density at radius 2 is 2.06 bits per heavy atom. The molecule has 1 aliphatic carbocycles. The smallest absolute Gasteiger partial charge is 0.115 e. The highest BCUT2D eigenvalue weighted by Crippen LogP contribution is 2.38. The summed E-state index contributed by atoms with van der Waals surface area (Å²) in [5.41, 5.74) is 4.53. The number of hydrogen-bond donors (Lipinski definition) is 2. The molecule has 0 bridgehead atoms. The van der Waals surface area contributed by atoms with Crippen molar-refractivity contribution in [3.05, 3.63) is 41.0 Å².